The van der Waals surface area contributed by atoms with Crippen LogP contribution in [0.3, 0.4) is 0 Å². The van der Waals surface area contributed by atoms with Gasteiger partial charge in [-0.05, 0) is 35.9 Å². The summed E-state index contributed by atoms with van der Waals surface area (Å²) in [7, 11) is 0. The lowest BCUT2D eigenvalue weighted by Gasteiger charge is -2.11. The molecular formula is C16H17N3O2. The third-order valence-corrected chi connectivity index (χ3v) is 2.98. The van der Waals surface area contributed by atoms with Crippen molar-refractivity contribution in [1.29, 1.82) is 0 Å². The lowest BCUT2D eigenvalue weighted by atomic mass is 10.1. The molecule has 4 N–H and O–H groups in total. The van der Waals surface area contributed by atoms with Crippen LogP contribution in [0.25, 0.3) is 0 Å². The van der Waals surface area contributed by atoms with Crippen LogP contribution in [0, 0.1) is 0 Å². The Morgan fingerprint density at radius 3 is 2.33 bits per heavy atom. The first-order valence-electron chi connectivity index (χ1n) is 6.55. The van der Waals surface area contributed by atoms with E-state index in [1.165, 1.54) is 6.92 Å². The molecule has 0 radical (unpaired) electrons. The number of benzene rings is 2. The summed E-state index contributed by atoms with van der Waals surface area (Å²) in [6.07, 6.45) is 0. The highest BCUT2D eigenvalue weighted by molar-refractivity contribution is 5.93. The summed E-state index contributed by atoms with van der Waals surface area (Å²) in [5, 5.41) is 6.03. The van der Waals surface area contributed by atoms with Crippen LogP contribution in [0.4, 0.5) is 11.4 Å². The minimum absolute atomic E-state index is 0.103. The summed E-state index contributed by atoms with van der Waals surface area (Å²) in [4.78, 5) is 22.2. The van der Waals surface area contributed by atoms with Gasteiger partial charge >= 0.3 is 0 Å². The van der Waals surface area contributed by atoms with Gasteiger partial charge in [-0.1, -0.05) is 18.2 Å². The van der Waals surface area contributed by atoms with Crippen molar-refractivity contribution in [2.75, 3.05) is 10.6 Å². The third-order valence-electron chi connectivity index (χ3n) is 2.98. The minimum Gasteiger partial charge on any atom is -0.381 e. The first kappa shape index (κ1) is 14.6. The number of nitrogens with two attached hydrogens (primary N) is 1. The van der Waals surface area contributed by atoms with Crippen LogP contribution in [0.1, 0.15) is 22.8 Å². The van der Waals surface area contributed by atoms with Crippen molar-refractivity contribution < 1.29 is 9.59 Å². The van der Waals surface area contributed by atoms with Crippen molar-refractivity contribution >= 4 is 23.2 Å². The number of carbonyl (C=O) groups is 2. The maximum Gasteiger partial charge on any atom is 0.248 e. The van der Waals surface area contributed by atoms with Crippen LogP contribution in [0.5, 0.6) is 0 Å². The maximum absolute atomic E-state index is 11.2. The Labute approximate surface area is 123 Å². The summed E-state index contributed by atoms with van der Waals surface area (Å²) in [6, 6.07) is 14.5. The largest absolute Gasteiger partial charge is 0.381 e. The second-order valence-electron chi connectivity index (χ2n) is 4.63. The van der Waals surface area contributed by atoms with Crippen molar-refractivity contribution in [2.24, 2.45) is 5.73 Å². The van der Waals surface area contributed by atoms with E-state index in [4.69, 9.17) is 5.73 Å². The van der Waals surface area contributed by atoms with Crippen molar-refractivity contribution in [3.8, 4) is 0 Å². The predicted octanol–water partition coefficient (Wildman–Crippen LogP) is 2.36. The molecule has 5 nitrogen and oxygen atoms in total. The van der Waals surface area contributed by atoms with Crippen molar-refractivity contribution in [3.05, 3.63) is 59.7 Å². The first-order valence-corrected chi connectivity index (χ1v) is 6.55. The predicted molar refractivity (Wildman–Crippen MR) is 83.0 cm³/mol. The zero-order chi connectivity index (χ0) is 15.2. The third kappa shape index (κ3) is 4.07. The molecule has 0 spiro atoms. The molecule has 2 aromatic carbocycles. The smallest absolute Gasteiger partial charge is 0.248 e. The summed E-state index contributed by atoms with van der Waals surface area (Å²) in [5.41, 5.74) is 8.30. The zero-order valence-electron chi connectivity index (χ0n) is 11.7. The molecule has 108 valence electrons. The van der Waals surface area contributed by atoms with Crippen LogP contribution < -0.4 is 16.4 Å². The molecule has 2 rings (SSSR count). The van der Waals surface area contributed by atoms with Gasteiger partial charge in [-0.2, -0.15) is 0 Å². The normalized spacial score (nSPS) is 9.95. The number of para-hydroxylation sites is 1. The molecule has 0 heterocycles. The molecule has 0 aromatic heterocycles. The number of hydrogen-bond acceptors (Lipinski definition) is 3. The highest BCUT2D eigenvalue weighted by Crippen LogP contribution is 2.17. The summed E-state index contributed by atoms with van der Waals surface area (Å²) >= 11 is 0. The Kier molecular flexibility index (Phi) is 4.56. The topological polar surface area (TPSA) is 84.2 Å². The van der Waals surface area contributed by atoms with Gasteiger partial charge in [0.05, 0.1) is 0 Å². The van der Waals surface area contributed by atoms with E-state index in [9.17, 15) is 9.59 Å². The van der Waals surface area contributed by atoms with Gasteiger partial charge in [0.15, 0.2) is 0 Å². The van der Waals surface area contributed by atoms with E-state index in [1.54, 1.807) is 24.3 Å². The first-order chi connectivity index (χ1) is 10.1. The molecule has 2 amide bonds. The second kappa shape index (κ2) is 6.56. The molecule has 0 atom stereocenters. The van der Waals surface area contributed by atoms with E-state index in [0.29, 0.717) is 12.1 Å². The van der Waals surface area contributed by atoms with Crippen LogP contribution in [0.2, 0.25) is 0 Å². The Morgan fingerprint density at radius 1 is 1.05 bits per heavy atom. The molecule has 0 unspecified atom stereocenters. The van der Waals surface area contributed by atoms with Gasteiger partial charge in [-0.15, -0.1) is 0 Å². The lowest BCUT2D eigenvalue weighted by molar-refractivity contribution is -0.114. The number of anilines is 2. The van der Waals surface area contributed by atoms with Gasteiger partial charge in [-0.3, -0.25) is 9.59 Å². The quantitative estimate of drug-likeness (QED) is 0.787. The number of hydrogen-bond donors (Lipinski definition) is 3. The Bertz CT molecular complexity index is 651. The van der Waals surface area contributed by atoms with E-state index in [-0.39, 0.29) is 5.91 Å². The zero-order valence-corrected chi connectivity index (χ0v) is 11.7. The molecule has 5 heteroatoms. The Balaban J connectivity index is 2.06. The monoisotopic (exact) mass is 283 g/mol. The molecule has 0 fully saturated rings. The van der Waals surface area contributed by atoms with E-state index < -0.39 is 5.91 Å². The summed E-state index contributed by atoms with van der Waals surface area (Å²) in [5.74, 6) is -0.550. The van der Waals surface area contributed by atoms with Gasteiger partial charge in [-0.25, -0.2) is 0 Å². The van der Waals surface area contributed by atoms with Gasteiger partial charge in [0, 0.05) is 30.4 Å². The van der Waals surface area contributed by atoms with Crippen molar-refractivity contribution in [1.82, 2.24) is 0 Å². The fourth-order valence-electron chi connectivity index (χ4n) is 1.94. The number of amides is 2. The van der Waals surface area contributed by atoms with Gasteiger partial charge in [0.2, 0.25) is 11.8 Å². The standard InChI is InChI=1S/C16H17N3O2/c1-11(20)19-15-5-3-2-4-13(15)10-18-14-8-6-12(7-9-14)16(17)21/h2-9,18H,10H2,1H3,(H2,17,21)(H,19,20). The average Bonchev–Trinajstić information content (AvgIpc) is 2.46. The van der Waals surface area contributed by atoms with Crippen LogP contribution in [-0.2, 0) is 11.3 Å². The van der Waals surface area contributed by atoms with E-state index in [1.807, 2.05) is 24.3 Å². The van der Waals surface area contributed by atoms with Gasteiger partial charge in [0.25, 0.3) is 0 Å². The SMILES string of the molecule is CC(=O)Nc1ccccc1CNc1ccc(C(N)=O)cc1. The molecule has 0 saturated heterocycles. The number of carbonyl (C=O) groups excluding carboxylic acids is 2. The van der Waals surface area contributed by atoms with Gasteiger partial charge in [0.1, 0.15) is 0 Å². The summed E-state index contributed by atoms with van der Waals surface area (Å²) in [6.45, 7) is 2.04. The number of rotatable bonds is 5. The van der Waals surface area contributed by atoms with E-state index in [2.05, 4.69) is 10.6 Å². The molecule has 2 aromatic rings. The van der Waals surface area contributed by atoms with E-state index in [0.717, 1.165) is 16.9 Å². The fraction of sp³-hybridized carbons (Fsp3) is 0.125. The number of nitrogens with one attached hydrogen (secondary N) is 2. The maximum atomic E-state index is 11.2. The minimum atomic E-state index is -0.447. The average molecular weight is 283 g/mol. The van der Waals surface area contributed by atoms with Crippen molar-refractivity contribution in [2.45, 2.75) is 13.5 Å². The lowest BCUT2D eigenvalue weighted by Crippen LogP contribution is -2.11. The number of primary amides is 1. The van der Waals surface area contributed by atoms with E-state index >= 15 is 0 Å². The van der Waals surface area contributed by atoms with Crippen molar-refractivity contribution in [3.63, 3.8) is 0 Å². The molecule has 0 aliphatic carbocycles. The van der Waals surface area contributed by atoms with Gasteiger partial charge < -0.3 is 16.4 Å². The molecule has 21 heavy (non-hydrogen) atoms. The van der Waals surface area contributed by atoms with Crippen LogP contribution >= 0.6 is 0 Å². The molecular weight excluding hydrogens is 266 g/mol. The molecule has 0 aliphatic heterocycles. The second-order valence-corrected chi connectivity index (χ2v) is 4.63. The van der Waals surface area contributed by atoms with Crippen LogP contribution in [-0.4, -0.2) is 11.8 Å². The Hall–Kier alpha value is -2.82. The highest BCUT2D eigenvalue weighted by atomic mass is 16.1. The Morgan fingerprint density at radius 2 is 1.71 bits per heavy atom. The molecule has 0 saturated carbocycles. The molecule has 0 bridgehead atoms. The molecule has 0 aliphatic rings. The highest BCUT2D eigenvalue weighted by Gasteiger charge is 2.04. The summed E-state index contributed by atoms with van der Waals surface area (Å²) < 4.78 is 0. The van der Waals surface area contributed by atoms with Crippen LogP contribution in [0.15, 0.2) is 48.5 Å². The fourth-order valence-corrected chi connectivity index (χ4v) is 1.94.